The molecule has 0 radical (unpaired) electrons. The first kappa shape index (κ1) is 24.8. The second-order valence-corrected chi connectivity index (χ2v) is 9.57. The highest BCUT2D eigenvalue weighted by molar-refractivity contribution is 8.26. The van der Waals surface area contributed by atoms with Crippen molar-refractivity contribution in [2.45, 2.75) is 6.42 Å². The van der Waals surface area contributed by atoms with Gasteiger partial charge < -0.3 is 9.47 Å². The lowest BCUT2D eigenvalue weighted by atomic mass is 10.1. The van der Waals surface area contributed by atoms with Gasteiger partial charge >= 0.3 is 0 Å². The van der Waals surface area contributed by atoms with Crippen LogP contribution in [0, 0.1) is 0 Å². The Morgan fingerprint density at radius 3 is 2.54 bits per heavy atom. The molecule has 9 heteroatoms. The number of carbonyl (C=O) groups is 2. The Kier molecular flexibility index (Phi) is 8.07. The van der Waals surface area contributed by atoms with Gasteiger partial charge in [0.2, 0.25) is 0 Å². The summed E-state index contributed by atoms with van der Waals surface area (Å²) in [6.07, 6.45) is 2.47. The van der Waals surface area contributed by atoms with Crippen molar-refractivity contribution in [2.75, 3.05) is 13.7 Å². The zero-order chi connectivity index (χ0) is 24.8. The van der Waals surface area contributed by atoms with E-state index in [-0.39, 0.29) is 4.32 Å². The summed E-state index contributed by atoms with van der Waals surface area (Å²) in [6.45, 7) is 0.506. The number of rotatable bonds is 8. The van der Waals surface area contributed by atoms with E-state index in [0.29, 0.717) is 33.6 Å². The van der Waals surface area contributed by atoms with Crippen LogP contribution < -0.4 is 14.9 Å². The lowest BCUT2D eigenvalue weighted by molar-refractivity contribution is -0.123. The van der Waals surface area contributed by atoms with Gasteiger partial charge in [-0.25, -0.2) is 0 Å². The average molecular weight is 525 g/mol. The van der Waals surface area contributed by atoms with Crippen LogP contribution in [0.1, 0.15) is 21.5 Å². The maximum atomic E-state index is 12.9. The number of amides is 2. The van der Waals surface area contributed by atoms with E-state index < -0.39 is 11.8 Å². The fourth-order valence-electron chi connectivity index (χ4n) is 3.30. The van der Waals surface area contributed by atoms with E-state index in [1.807, 2.05) is 24.3 Å². The number of hydrazine groups is 1. The van der Waals surface area contributed by atoms with Gasteiger partial charge in [-0.2, -0.15) is 5.01 Å². The van der Waals surface area contributed by atoms with Crippen molar-refractivity contribution in [1.29, 1.82) is 0 Å². The van der Waals surface area contributed by atoms with Gasteiger partial charge in [0.05, 0.1) is 18.6 Å². The van der Waals surface area contributed by atoms with Crippen LogP contribution in [0.15, 0.2) is 77.7 Å². The monoisotopic (exact) mass is 524 g/mol. The first-order valence-corrected chi connectivity index (χ1v) is 12.2. The summed E-state index contributed by atoms with van der Waals surface area (Å²) < 4.78 is 11.6. The Labute approximate surface area is 217 Å². The van der Waals surface area contributed by atoms with Gasteiger partial charge in [0.15, 0.2) is 15.8 Å². The van der Waals surface area contributed by atoms with E-state index in [4.69, 9.17) is 33.3 Å². The van der Waals surface area contributed by atoms with E-state index in [1.165, 1.54) is 5.56 Å². The summed E-state index contributed by atoms with van der Waals surface area (Å²) in [6, 6.07) is 21.8. The third-order valence-electron chi connectivity index (χ3n) is 5.09. The van der Waals surface area contributed by atoms with E-state index in [0.717, 1.165) is 28.8 Å². The van der Waals surface area contributed by atoms with Crippen molar-refractivity contribution in [1.82, 2.24) is 10.4 Å². The van der Waals surface area contributed by atoms with Crippen molar-refractivity contribution < 1.29 is 19.1 Å². The van der Waals surface area contributed by atoms with Crippen LogP contribution in [-0.2, 0) is 11.2 Å². The SMILES string of the molecule is COc1cc(/C=C2\SC(=S)N(NC(=O)c3ccc(Cl)cc3)C2=O)ccc1OCCc1ccccc1. The molecule has 0 atom stereocenters. The van der Waals surface area contributed by atoms with Crippen molar-refractivity contribution in [3.05, 3.63) is 99.4 Å². The Balaban J connectivity index is 1.42. The molecule has 1 N–H and O–H groups in total. The smallest absolute Gasteiger partial charge is 0.285 e. The number of nitrogens with one attached hydrogen (secondary N) is 1. The molecule has 1 aliphatic heterocycles. The zero-order valence-corrected chi connectivity index (χ0v) is 21.1. The zero-order valence-electron chi connectivity index (χ0n) is 18.7. The van der Waals surface area contributed by atoms with Crippen molar-refractivity contribution >= 4 is 57.8 Å². The average Bonchev–Trinajstić information content (AvgIpc) is 3.13. The number of carbonyl (C=O) groups excluding carboxylic acids is 2. The predicted molar refractivity (Wildman–Crippen MR) is 143 cm³/mol. The van der Waals surface area contributed by atoms with Gasteiger partial charge in [0.1, 0.15) is 0 Å². The fraction of sp³-hybridized carbons (Fsp3) is 0.115. The summed E-state index contributed by atoms with van der Waals surface area (Å²) in [4.78, 5) is 25.8. The van der Waals surface area contributed by atoms with Crippen molar-refractivity contribution in [2.24, 2.45) is 0 Å². The number of hydrogen-bond donors (Lipinski definition) is 1. The number of methoxy groups -OCH3 is 1. The molecule has 1 heterocycles. The van der Waals surface area contributed by atoms with Crippen LogP contribution in [0.5, 0.6) is 11.5 Å². The van der Waals surface area contributed by atoms with Gasteiger partial charge in [-0.15, -0.1) is 0 Å². The van der Waals surface area contributed by atoms with Crippen LogP contribution in [0.3, 0.4) is 0 Å². The summed E-state index contributed by atoms with van der Waals surface area (Å²) in [5.41, 5.74) is 4.84. The summed E-state index contributed by atoms with van der Waals surface area (Å²) in [5.74, 6) is 0.295. The quantitative estimate of drug-likeness (QED) is 0.309. The minimum atomic E-state index is -0.460. The van der Waals surface area contributed by atoms with Gasteiger partial charge in [0.25, 0.3) is 11.8 Å². The van der Waals surface area contributed by atoms with Crippen LogP contribution >= 0.6 is 35.6 Å². The molecule has 1 aliphatic rings. The van der Waals surface area contributed by atoms with Crippen LogP contribution in [0.2, 0.25) is 5.02 Å². The number of thioether (sulfide) groups is 1. The molecule has 2 amide bonds. The highest BCUT2D eigenvalue weighted by Gasteiger charge is 2.33. The largest absolute Gasteiger partial charge is 0.493 e. The Hall–Kier alpha value is -3.33. The number of benzene rings is 3. The predicted octanol–water partition coefficient (Wildman–Crippen LogP) is 5.52. The molecule has 0 saturated carbocycles. The highest BCUT2D eigenvalue weighted by Crippen LogP contribution is 2.34. The van der Waals surface area contributed by atoms with Crippen LogP contribution in [-0.4, -0.2) is 34.9 Å². The molecule has 35 heavy (non-hydrogen) atoms. The van der Waals surface area contributed by atoms with Gasteiger partial charge in [-0.05, 0) is 65.8 Å². The number of halogens is 1. The molecule has 6 nitrogen and oxygen atoms in total. The maximum Gasteiger partial charge on any atom is 0.285 e. The molecule has 3 aromatic carbocycles. The van der Waals surface area contributed by atoms with Crippen molar-refractivity contribution in [3.8, 4) is 11.5 Å². The van der Waals surface area contributed by atoms with Crippen molar-refractivity contribution in [3.63, 3.8) is 0 Å². The standard InChI is InChI=1S/C26H21ClN2O4S2/c1-32-22-15-18(7-12-21(22)33-14-13-17-5-3-2-4-6-17)16-23-25(31)29(26(34)35-23)28-24(30)19-8-10-20(27)11-9-19/h2-12,15-16H,13-14H2,1H3,(H,28,30)/b23-16-. The van der Waals surface area contributed by atoms with Gasteiger partial charge in [-0.3, -0.25) is 15.0 Å². The molecule has 0 unspecified atom stereocenters. The molecule has 0 aliphatic carbocycles. The molecular weight excluding hydrogens is 504 g/mol. The van der Waals surface area contributed by atoms with Crippen LogP contribution in [0.4, 0.5) is 0 Å². The molecule has 1 fully saturated rings. The summed E-state index contributed by atoms with van der Waals surface area (Å²) >= 11 is 12.3. The van der Waals surface area contributed by atoms with Gasteiger partial charge in [-0.1, -0.05) is 59.8 Å². The Morgan fingerprint density at radius 1 is 1.09 bits per heavy atom. The van der Waals surface area contributed by atoms with E-state index in [1.54, 1.807) is 49.6 Å². The van der Waals surface area contributed by atoms with E-state index in [2.05, 4.69) is 17.6 Å². The number of thiocarbonyl (C=S) groups is 1. The maximum absolute atomic E-state index is 12.9. The minimum Gasteiger partial charge on any atom is -0.493 e. The highest BCUT2D eigenvalue weighted by atomic mass is 35.5. The third-order valence-corrected chi connectivity index (χ3v) is 6.64. The molecule has 4 rings (SSSR count). The second kappa shape index (κ2) is 11.4. The van der Waals surface area contributed by atoms with Crippen LogP contribution in [0.25, 0.3) is 6.08 Å². The first-order chi connectivity index (χ1) is 16.9. The second-order valence-electron chi connectivity index (χ2n) is 7.46. The number of ether oxygens (including phenoxy) is 2. The molecule has 0 spiro atoms. The lowest BCUT2D eigenvalue weighted by Crippen LogP contribution is -2.44. The summed E-state index contributed by atoms with van der Waals surface area (Å²) in [5, 5.41) is 1.58. The lowest BCUT2D eigenvalue weighted by Gasteiger charge is -2.15. The molecular formula is C26H21ClN2O4S2. The Morgan fingerprint density at radius 2 is 1.83 bits per heavy atom. The molecule has 3 aromatic rings. The number of hydrogen-bond acceptors (Lipinski definition) is 6. The minimum absolute atomic E-state index is 0.233. The third kappa shape index (κ3) is 6.22. The van der Waals surface area contributed by atoms with E-state index in [9.17, 15) is 9.59 Å². The summed E-state index contributed by atoms with van der Waals surface area (Å²) in [7, 11) is 1.56. The molecule has 1 saturated heterocycles. The number of nitrogens with zero attached hydrogens (tertiary/aromatic N) is 1. The fourth-order valence-corrected chi connectivity index (χ4v) is 4.60. The van der Waals surface area contributed by atoms with E-state index >= 15 is 0 Å². The molecule has 0 bridgehead atoms. The molecule has 178 valence electrons. The van der Waals surface area contributed by atoms with Gasteiger partial charge in [0, 0.05) is 17.0 Å². The first-order valence-electron chi connectivity index (χ1n) is 10.6. The normalized spacial score (nSPS) is 14.3. The topological polar surface area (TPSA) is 67.9 Å². The Bertz CT molecular complexity index is 1280. The molecule has 0 aromatic heterocycles.